The molecule has 86 valence electrons. The van der Waals surface area contributed by atoms with Gasteiger partial charge in [-0.15, -0.1) is 0 Å². The lowest BCUT2D eigenvalue weighted by Crippen LogP contribution is -2.35. The zero-order valence-corrected chi connectivity index (χ0v) is 10.1. The first-order valence-electron chi connectivity index (χ1n) is 5.93. The van der Waals surface area contributed by atoms with Crippen molar-refractivity contribution < 1.29 is 4.39 Å². The maximum Gasteiger partial charge on any atom is 0.116 e. The fourth-order valence-electron chi connectivity index (χ4n) is 1.73. The Hall–Kier alpha value is -0.110. The average molecular weight is 203 g/mol. The summed E-state index contributed by atoms with van der Waals surface area (Å²) < 4.78 is 13.7. The smallest absolute Gasteiger partial charge is 0.116 e. The molecule has 2 atom stereocenters. The highest BCUT2D eigenvalue weighted by molar-refractivity contribution is 4.75. The van der Waals surface area contributed by atoms with Crippen molar-refractivity contribution >= 4 is 0 Å². The van der Waals surface area contributed by atoms with Gasteiger partial charge in [-0.2, -0.15) is 0 Å². The fraction of sp³-hybridized carbons (Fsp3) is 1.00. The number of rotatable bonds is 8. The lowest BCUT2D eigenvalue weighted by Gasteiger charge is -2.21. The molecule has 0 aliphatic carbocycles. The third-order valence-electron chi connectivity index (χ3n) is 2.62. The van der Waals surface area contributed by atoms with Crippen LogP contribution in [0.2, 0.25) is 0 Å². The van der Waals surface area contributed by atoms with Crippen molar-refractivity contribution in [1.82, 2.24) is 5.32 Å². The second kappa shape index (κ2) is 8.22. The minimum Gasteiger partial charge on any atom is -0.314 e. The molecule has 0 unspecified atom stereocenters. The molecule has 1 N–H and O–H groups in total. The van der Waals surface area contributed by atoms with Gasteiger partial charge in [0.2, 0.25) is 0 Å². The molecule has 0 bridgehead atoms. The van der Waals surface area contributed by atoms with E-state index >= 15 is 0 Å². The van der Waals surface area contributed by atoms with Gasteiger partial charge in [0.1, 0.15) is 6.17 Å². The molecule has 0 aliphatic rings. The molecule has 1 nitrogen and oxygen atoms in total. The molecule has 0 heterocycles. The van der Waals surface area contributed by atoms with E-state index in [1.54, 1.807) is 0 Å². The molecule has 0 saturated carbocycles. The third kappa shape index (κ3) is 6.36. The minimum absolute atomic E-state index is 0.0592. The van der Waals surface area contributed by atoms with Gasteiger partial charge in [-0.3, -0.25) is 0 Å². The monoisotopic (exact) mass is 203 g/mol. The maximum absolute atomic E-state index is 13.7. The molecular weight excluding hydrogens is 177 g/mol. The van der Waals surface area contributed by atoms with Gasteiger partial charge in [0.05, 0.1) is 0 Å². The molecule has 0 radical (unpaired) electrons. The predicted octanol–water partition coefficient (Wildman–Crippen LogP) is 3.54. The van der Waals surface area contributed by atoms with Crippen LogP contribution in [0, 0.1) is 5.92 Å². The number of unbranched alkanes of at least 4 members (excludes halogenated alkanes) is 2. The average Bonchev–Trinajstić information content (AvgIpc) is 2.11. The van der Waals surface area contributed by atoms with Crippen LogP contribution in [-0.2, 0) is 0 Å². The topological polar surface area (TPSA) is 12.0 Å². The normalized spacial score (nSPS) is 15.9. The van der Waals surface area contributed by atoms with Gasteiger partial charge in [-0.25, -0.2) is 4.39 Å². The molecule has 0 aliphatic heterocycles. The first kappa shape index (κ1) is 13.9. The van der Waals surface area contributed by atoms with Crippen LogP contribution >= 0.6 is 0 Å². The van der Waals surface area contributed by atoms with Gasteiger partial charge >= 0.3 is 0 Å². The van der Waals surface area contributed by atoms with E-state index in [4.69, 9.17) is 0 Å². The summed E-state index contributed by atoms with van der Waals surface area (Å²) in [6.45, 7) is 6.33. The van der Waals surface area contributed by atoms with E-state index in [0.717, 1.165) is 12.8 Å². The lowest BCUT2D eigenvalue weighted by atomic mass is 9.97. The molecule has 0 aromatic heterocycles. The Bertz CT molecular complexity index is 125. The van der Waals surface area contributed by atoms with Crippen molar-refractivity contribution in [2.24, 2.45) is 5.92 Å². The van der Waals surface area contributed by atoms with Crippen molar-refractivity contribution in [1.29, 1.82) is 0 Å². The predicted molar refractivity (Wildman–Crippen MR) is 61.3 cm³/mol. The molecule has 14 heavy (non-hydrogen) atoms. The van der Waals surface area contributed by atoms with Crippen molar-refractivity contribution in [3.8, 4) is 0 Å². The van der Waals surface area contributed by atoms with Gasteiger partial charge in [-0.05, 0) is 25.8 Å². The Labute approximate surface area is 88.5 Å². The van der Waals surface area contributed by atoms with E-state index in [-0.39, 0.29) is 6.04 Å². The van der Waals surface area contributed by atoms with Crippen LogP contribution in [0.25, 0.3) is 0 Å². The first-order chi connectivity index (χ1) is 6.61. The minimum atomic E-state index is -0.683. The number of alkyl halides is 1. The first-order valence-corrected chi connectivity index (χ1v) is 5.93. The van der Waals surface area contributed by atoms with Gasteiger partial charge < -0.3 is 5.32 Å². The van der Waals surface area contributed by atoms with Crippen molar-refractivity contribution in [2.45, 2.75) is 65.1 Å². The van der Waals surface area contributed by atoms with Gasteiger partial charge in [0.25, 0.3) is 0 Å². The molecule has 0 aromatic carbocycles. The van der Waals surface area contributed by atoms with E-state index < -0.39 is 6.17 Å². The van der Waals surface area contributed by atoms with Crippen LogP contribution in [-0.4, -0.2) is 19.3 Å². The SMILES string of the molecule is CCCCC[C@H](NC)[C@H](F)CC(C)C. The number of hydrogen-bond acceptors (Lipinski definition) is 1. The molecular formula is C12H26FN. The van der Waals surface area contributed by atoms with Gasteiger partial charge in [0.15, 0.2) is 0 Å². The molecule has 2 heteroatoms. The summed E-state index contributed by atoms with van der Waals surface area (Å²) in [5, 5.41) is 3.09. The van der Waals surface area contributed by atoms with Crippen molar-refractivity contribution in [3.63, 3.8) is 0 Å². The highest BCUT2D eigenvalue weighted by Crippen LogP contribution is 2.16. The van der Waals surface area contributed by atoms with Crippen LogP contribution in [0.1, 0.15) is 52.9 Å². The Balaban J connectivity index is 3.74. The van der Waals surface area contributed by atoms with Crippen molar-refractivity contribution in [3.05, 3.63) is 0 Å². The summed E-state index contributed by atoms with van der Waals surface area (Å²) in [5.41, 5.74) is 0. The third-order valence-corrected chi connectivity index (χ3v) is 2.62. The second-order valence-corrected chi connectivity index (χ2v) is 4.54. The van der Waals surface area contributed by atoms with Crippen LogP contribution in [0.3, 0.4) is 0 Å². The molecule has 0 fully saturated rings. The van der Waals surface area contributed by atoms with E-state index in [1.165, 1.54) is 12.8 Å². The number of hydrogen-bond donors (Lipinski definition) is 1. The quantitative estimate of drug-likeness (QED) is 0.595. The zero-order valence-electron chi connectivity index (χ0n) is 10.1. The molecule has 0 aromatic rings. The van der Waals surface area contributed by atoms with E-state index in [9.17, 15) is 4.39 Å². The van der Waals surface area contributed by atoms with E-state index in [0.29, 0.717) is 12.3 Å². The van der Waals surface area contributed by atoms with E-state index in [2.05, 4.69) is 26.1 Å². The van der Waals surface area contributed by atoms with Crippen molar-refractivity contribution in [2.75, 3.05) is 7.05 Å². The van der Waals surface area contributed by atoms with E-state index in [1.807, 2.05) is 7.05 Å². The van der Waals surface area contributed by atoms with Gasteiger partial charge in [-0.1, -0.05) is 40.0 Å². The van der Waals surface area contributed by atoms with Crippen LogP contribution in [0.4, 0.5) is 4.39 Å². The standard InChI is InChI=1S/C12H26FN/c1-5-6-7-8-12(14-4)11(13)9-10(2)3/h10-12,14H,5-9H2,1-4H3/t11-,12+/m1/s1. The number of nitrogens with one attached hydrogen (secondary N) is 1. The summed E-state index contributed by atoms with van der Waals surface area (Å²) in [7, 11) is 1.86. The lowest BCUT2D eigenvalue weighted by molar-refractivity contribution is 0.210. The highest BCUT2D eigenvalue weighted by Gasteiger charge is 2.19. The Morgan fingerprint density at radius 1 is 1.21 bits per heavy atom. The van der Waals surface area contributed by atoms with Crippen LogP contribution in [0.5, 0.6) is 0 Å². The number of halogens is 1. The second-order valence-electron chi connectivity index (χ2n) is 4.54. The summed E-state index contributed by atoms with van der Waals surface area (Å²) in [5.74, 6) is 0.451. The van der Waals surface area contributed by atoms with Crippen LogP contribution < -0.4 is 5.32 Å². The molecule has 0 rings (SSSR count). The summed E-state index contributed by atoms with van der Waals surface area (Å²) in [6, 6.07) is 0.0592. The highest BCUT2D eigenvalue weighted by atomic mass is 19.1. The Morgan fingerprint density at radius 3 is 2.29 bits per heavy atom. The molecule has 0 spiro atoms. The molecule has 0 amide bonds. The fourth-order valence-corrected chi connectivity index (χ4v) is 1.73. The zero-order chi connectivity index (χ0) is 11.0. The largest absolute Gasteiger partial charge is 0.314 e. The van der Waals surface area contributed by atoms with Crippen LogP contribution in [0.15, 0.2) is 0 Å². The summed E-state index contributed by atoms with van der Waals surface area (Å²) in [6.07, 6.45) is 4.53. The van der Waals surface area contributed by atoms with Gasteiger partial charge in [0, 0.05) is 6.04 Å². The Morgan fingerprint density at radius 2 is 1.86 bits per heavy atom. The Kier molecular flexibility index (Phi) is 8.15. The maximum atomic E-state index is 13.7. The summed E-state index contributed by atoms with van der Waals surface area (Å²) >= 11 is 0. The molecule has 0 saturated heterocycles. The summed E-state index contributed by atoms with van der Waals surface area (Å²) in [4.78, 5) is 0.